The lowest BCUT2D eigenvalue weighted by Crippen LogP contribution is -2.51. The highest BCUT2D eigenvalue weighted by Crippen LogP contribution is 2.18. The Bertz CT molecular complexity index is 1020. The van der Waals surface area contributed by atoms with Crippen molar-refractivity contribution in [3.63, 3.8) is 0 Å². The first-order chi connectivity index (χ1) is 14.7. The van der Waals surface area contributed by atoms with Crippen LogP contribution >= 0.6 is 0 Å². The van der Waals surface area contributed by atoms with Crippen molar-refractivity contribution in [2.45, 2.75) is 43.8 Å². The Morgan fingerprint density at radius 2 is 2.06 bits per heavy atom. The molecule has 3 heterocycles. The lowest BCUT2D eigenvalue weighted by atomic mass is 10.0. The van der Waals surface area contributed by atoms with Crippen molar-refractivity contribution in [3.8, 4) is 0 Å². The molecule has 0 bridgehead atoms. The molecule has 1 aliphatic heterocycles. The largest absolute Gasteiger partial charge is 0.618 e. The molecule has 1 saturated heterocycles. The summed E-state index contributed by atoms with van der Waals surface area (Å²) in [6, 6.07) is 6.00. The minimum absolute atomic E-state index is 0.0770. The van der Waals surface area contributed by atoms with Gasteiger partial charge in [0, 0.05) is 24.7 Å². The van der Waals surface area contributed by atoms with E-state index in [9.17, 15) is 23.2 Å². The number of sulfonamides is 1. The second-order valence-corrected chi connectivity index (χ2v) is 9.60. The zero-order valence-corrected chi connectivity index (χ0v) is 18.2. The van der Waals surface area contributed by atoms with Crippen LogP contribution in [0.4, 0.5) is 5.88 Å². The van der Waals surface area contributed by atoms with Gasteiger partial charge in [0.15, 0.2) is 17.9 Å². The lowest BCUT2D eigenvalue weighted by Gasteiger charge is -2.24. The molecule has 2 N–H and O–H groups in total. The van der Waals surface area contributed by atoms with Crippen LogP contribution in [0.1, 0.15) is 26.7 Å². The summed E-state index contributed by atoms with van der Waals surface area (Å²) in [6.07, 6.45) is 3.24. The molecule has 2 aromatic heterocycles. The standard InChI is InChI=1S/C20H26N4O6S/c1-14(2)19(22-17-8-6-12-30-17)20(26)21-15-7-5-10-23(13-16(15)25)31(28,29)18-9-3-4-11-24(18)27/h3-4,6,8-9,11-12,14-15,19,22H,5,7,10,13H2,1-2H3,(H,21,26). The predicted octanol–water partition coefficient (Wildman–Crippen LogP) is 0.888. The maximum Gasteiger partial charge on any atom is 0.323 e. The smallest absolute Gasteiger partial charge is 0.323 e. The van der Waals surface area contributed by atoms with Crippen LogP contribution in [-0.4, -0.2) is 49.6 Å². The molecule has 0 aliphatic carbocycles. The average molecular weight is 451 g/mol. The second-order valence-electron chi connectivity index (χ2n) is 7.72. The molecule has 2 unspecified atom stereocenters. The summed E-state index contributed by atoms with van der Waals surface area (Å²) in [5, 5.41) is 17.2. The number of amides is 1. The van der Waals surface area contributed by atoms with E-state index in [-0.39, 0.29) is 23.1 Å². The number of hydrogen-bond donors (Lipinski definition) is 2. The van der Waals surface area contributed by atoms with Gasteiger partial charge in [0.05, 0.1) is 18.8 Å². The van der Waals surface area contributed by atoms with E-state index in [0.29, 0.717) is 18.7 Å². The minimum atomic E-state index is -4.14. The van der Waals surface area contributed by atoms with E-state index < -0.39 is 39.5 Å². The van der Waals surface area contributed by atoms with Crippen LogP contribution in [0.2, 0.25) is 0 Å². The van der Waals surface area contributed by atoms with Gasteiger partial charge in [0.1, 0.15) is 6.04 Å². The van der Waals surface area contributed by atoms with Crippen LogP contribution < -0.4 is 15.4 Å². The summed E-state index contributed by atoms with van der Waals surface area (Å²) in [5.74, 6) is -0.453. The third-order valence-corrected chi connectivity index (χ3v) is 6.93. The number of nitrogens with zero attached hydrogens (tertiary/aromatic N) is 2. The summed E-state index contributed by atoms with van der Waals surface area (Å²) in [4.78, 5) is 25.6. The van der Waals surface area contributed by atoms with Crippen LogP contribution in [0.3, 0.4) is 0 Å². The van der Waals surface area contributed by atoms with Crippen LogP contribution in [0.15, 0.2) is 52.2 Å². The lowest BCUT2D eigenvalue weighted by molar-refractivity contribution is -0.646. The van der Waals surface area contributed by atoms with Gasteiger partial charge in [-0.2, -0.15) is 9.04 Å². The number of aromatic nitrogens is 1. The molecule has 0 aromatic carbocycles. The summed E-state index contributed by atoms with van der Waals surface area (Å²) in [7, 11) is -4.14. The van der Waals surface area contributed by atoms with Gasteiger partial charge in [0.25, 0.3) is 0 Å². The Morgan fingerprint density at radius 1 is 1.29 bits per heavy atom. The molecule has 0 spiro atoms. The first-order valence-electron chi connectivity index (χ1n) is 10.0. The van der Waals surface area contributed by atoms with Crippen molar-refractivity contribution < 1.29 is 27.2 Å². The molecule has 168 valence electrons. The monoisotopic (exact) mass is 450 g/mol. The molecule has 2 atom stereocenters. The van der Waals surface area contributed by atoms with E-state index in [1.165, 1.54) is 24.5 Å². The molecule has 1 fully saturated rings. The highest BCUT2D eigenvalue weighted by molar-refractivity contribution is 7.89. The number of pyridine rings is 1. The Labute approximate surface area is 180 Å². The van der Waals surface area contributed by atoms with Crippen molar-refractivity contribution in [2.75, 3.05) is 18.4 Å². The van der Waals surface area contributed by atoms with Crippen molar-refractivity contribution in [1.82, 2.24) is 9.62 Å². The maximum atomic E-state index is 12.9. The fraction of sp³-hybridized carbons (Fsp3) is 0.450. The Hall–Kier alpha value is -2.92. The molecule has 1 aliphatic rings. The fourth-order valence-corrected chi connectivity index (χ4v) is 4.88. The summed E-state index contributed by atoms with van der Waals surface area (Å²) in [5.41, 5.74) is 0. The van der Waals surface area contributed by atoms with Crippen LogP contribution in [-0.2, 0) is 19.6 Å². The van der Waals surface area contributed by atoms with Crippen molar-refractivity contribution in [3.05, 3.63) is 48.0 Å². The van der Waals surface area contributed by atoms with E-state index in [1.807, 2.05) is 13.8 Å². The predicted molar refractivity (Wildman–Crippen MR) is 111 cm³/mol. The van der Waals surface area contributed by atoms with E-state index in [0.717, 1.165) is 10.5 Å². The maximum absolute atomic E-state index is 12.9. The van der Waals surface area contributed by atoms with E-state index in [1.54, 1.807) is 12.1 Å². The molecular formula is C20H26N4O6S. The molecule has 11 heteroatoms. The number of rotatable bonds is 7. The quantitative estimate of drug-likeness (QED) is 0.472. The van der Waals surface area contributed by atoms with Crippen molar-refractivity contribution in [2.24, 2.45) is 5.92 Å². The number of ketones is 1. The Balaban J connectivity index is 1.70. The third-order valence-electron chi connectivity index (χ3n) is 5.10. The number of hydrogen-bond acceptors (Lipinski definition) is 7. The first kappa shape index (κ1) is 22.8. The number of furan rings is 1. The molecule has 10 nitrogen and oxygen atoms in total. The summed E-state index contributed by atoms with van der Waals surface area (Å²) >= 11 is 0. The Morgan fingerprint density at radius 3 is 2.71 bits per heavy atom. The first-order valence-corrected chi connectivity index (χ1v) is 11.5. The zero-order valence-electron chi connectivity index (χ0n) is 17.4. The number of nitrogens with one attached hydrogen (secondary N) is 2. The normalized spacial score (nSPS) is 19.1. The highest BCUT2D eigenvalue weighted by atomic mass is 32.2. The molecule has 0 saturated carbocycles. The number of anilines is 1. The van der Waals surface area contributed by atoms with Gasteiger partial charge < -0.3 is 20.3 Å². The Kier molecular flexibility index (Phi) is 6.96. The number of Topliss-reactive ketones (excluding diaryl/α,β-unsaturated/α-hetero) is 1. The molecule has 1 amide bonds. The van der Waals surface area contributed by atoms with E-state index in [2.05, 4.69) is 10.6 Å². The van der Waals surface area contributed by atoms with Crippen molar-refractivity contribution >= 4 is 27.6 Å². The summed E-state index contributed by atoms with van der Waals surface area (Å²) in [6.45, 7) is 3.39. The average Bonchev–Trinajstić information content (AvgIpc) is 3.16. The van der Waals surface area contributed by atoms with Gasteiger partial charge in [-0.25, -0.2) is 8.42 Å². The number of carbonyl (C=O) groups excluding carboxylic acids is 2. The van der Waals surface area contributed by atoms with Crippen LogP contribution in [0, 0.1) is 11.1 Å². The molecule has 31 heavy (non-hydrogen) atoms. The highest BCUT2D eigenvalue weighted by Gasteiger charge is 2.37. The molecule has 0 radical (unpaired) electrons. The van der Waals surface area contributed by atoms with Gasteiger partial charge in [-0.15, -0.1) is 0 Å². The van der Waals surface area contributed by atoms with Gasteiger partial charge in [-0.05, 0) is 30.9 Å². The molecular weight excluding hydrogens is 424 g/mol. The van der Waals surface area contributed by atoms with Crippen molar-refractivity contribution in [1.29, 1.82) is 0 Å². The SMILES string of the molecule is CC(C)C(Nc1ccco1)C(=O)NC1CCCN(S(=O)(=O)c2cccc[n+]2[O-])CC1=O. The summed E-state index contributed by atoms with van der Waals surface area (Å²) < 4.78 is 32.2. The van der Waals surface area contributed by atoms with Gasteiger partial charge in [-0.3, -0.25) is 9.59 Å². The van der Waals surface area contributed by atoms with Crippen LogP contribution in [0.5, 0.6) is 0 Å². The number of carbonyl (C=O) groups is 2. The minimum Gasteiger partial charge on any atom is -0.618 e. The third kappa shape index (κ3) is 5.23. The van der Waals surface area contributed by atoms with Gasteiger partial charge in [0.2, 0.25) is 5.91 Å². The van der Waals surface area contributed by atoms with Gasteiger partial charge >= 0.3 is 15.0 Å². The molecule has 2 aromatic rings. The van der Waals surface area contributed by atoms with Gasteiger partial charge in [-0.1, -0.05) is 13.8 Å². The fourth-order valence-electron chi connectivity index (χ4n) is 3.41. The van der Waals surface area contributed by atoms with Crippen LogP contribution in [0.25, 0.3) is 0 Å². The van der Waals surface area contributed by atoms with E-state index in [4.69, 9.17) is 4.42 Å². The zero-order chi connectivity index (χ0) is 22.6. The molecule has 3 rings (SSSR count). The second kappa shape index (κ2) is 9.48. The van der Waals surface area contributed by atoms with E-state index >= 15 is 0 Å². The topological polar surface area (TPSA) is 136 Å².